The minimum atomic E-state index is -0.315. The van der Waals surface area contributed by atoms with E-state index >= 15 is 0 Å². The second-order valence-corrected chi connectivity index (χ2v) is 4.11. The Balaban J connectivity index is 2.02. The Bertz CT molecular complexity index is 203. The zero-order valence-electron chi connectivity index (χ0n) is 7.49. The quantitative estimate of drug-likeness (QED) is 0.614. The largest absolute Gasteiger partial charge is 0.338 e. The van der Waals surface area contributed by atoms with Crippen LogP contribution in [-0.2, 0) is 4.79 Å². The summed E-state index contributed by atoms with van der Waals surface area (Å²) in [5, 5.41) is 0. The molecule has 2 aliphatic rings. The zero-order valence-corrected chi connectivity index (χ0v) is 7.49. The van der Waals surface area contributed by atoms with Crippen molar-refractivity contribution < 1.29 is 4.79 Å². The summed E-state index contributed by atoms with van der Waals surface area (Å²) in [6.07, 6.45) is 3.73. The molecule has 3 heteroatoms. The van der Waals surface area contributed by atoms with Crippen LogP contribution in [0.5, 0.6) is 0 Å². The van der Waals surface area contributed by atoms with Gasteiger partial charge in [0, 0.05) is 12.6 Å². The molecule has 0 unspecified atom stereocenters. The number of carbonyl (C=O) groups is 1. The van der Waals surface area contributed by atoms with Gasteiger partial charge < -0.3 is 10.6 Å². The van der Waals surface area contributed by atoms with Gasteiger partial charge in [0.25, 0.3) is 0 Å². The Morgan fingerprint density at radius 2 is 2.33 bits per heavy atom. The van der Waals surface area contributed by atoms with E-state index in [9.17, 15) is 4.79 Å². The Hall–Kier alpha value is -0.570. The van der Waals surface area contributed by atoms with Crippen LogP contribution in [0.25, 0.3) is 0 Å². The minimum absolute atomic E-state index is 0.141. The molecule has 0 radical (unpaired) electrons. The van der Waals surface area contributed by atoms with E-state index in [0.29, 0.717) is 6.04 Å². The van der Waals surface area contributed by atoms with Crippen molar-refractivity contribution in [2.24, 2.45) is 11.7 Å². The van der Waals surface area contributed by atoms with E-state index in [1.54, 1.807) is 6.92 Å². The average Bonchev–Trinajstić information content (AvgIpc) is 2.62. The van der Waals surface area contributed by atoms with Crippen LogP contribution in [0.15, 0.2) is 0 Å². The minimum Gasteiger partial charge on any atom is -0.338 e. The number of rotatable bonds is 1. The van der Waals surface area contributed by atoms with Crippen LogP contribution in [0.2, 0.25) is 0 Å². The normalized spacial score (nSPS) is 35.7. The molecule has 0 aromatic heterocycles. The Morgan fingerprint density at radius 1 is 1.58 bits per heavy atom. The van der Waals surface area contributed by atoms with Crippen LogP contribution in [0.1, 0.15) is 26.2 Å². The smallest absolute Gasteiger partial charge is 0.239 e. The molecule has 0 spiro atoms. The molecule has 2 bridgehead atoms. The number of amides is 1. The number of piperidine rings is 1. The first-order valence-electron chi connectivity index (χ1n) is 4.74. The number of hydrogen-bond acceptors (Lipinski definition) is 2. The van der Waals surface area contributed by atoms with Gasteiger partial charge in [-0.05, 0) is 32.1 Å². The van der Waals surface area contributed by atoms with Gasteiger partial charge in [0.15, 0.2) is 0 Å². The maximum atomic E-state index is 11.5. The molecule has 1 saturated carbocycles. The van der Waals surface area contributed by atoms with Gasteiger partial charge in [-0.1, -0.05) is 0 Å². The van der Waals surface area contributed by atoms with Crippen LogP contribution >= 0.6 is 0 Å². The topological polar surface area (TPSA) is 46.3 Å². The van der Waals surface area contributed by atoms with E-state index in [-0.39, 0.29) is 11.9 Å². The molecule has 68 valence electrons. The van der Waals surface area contributed by atoms with Crippen LogP contribution < -0.4 is 5.73 Å². The molecule has 3 nitrogen and oxygen atoms in total. The van der Waals surface area contributed by atoms with Crippen molar-refractivity contribution >= 4 is 5.91 Å². The van der Waals surface area contributed by atoms with Gasteiger partial charge in [0.1, 0.15) is 0 Å². The van der Waals surface area contributed by atoms with Crippen molar-refractivity contribution in [2.45, 2.75) is 38.3 Å². The molecule has 1 heterocycles. The predicted molar refractivity (Wildman–Crippen MR) is 46.5 cm³/mol. The summed E-state index contributed by atoms with van der Waals surface area (Å²) in [5.41, 5.74) is 5.56. The van der Waals surface area contributed by atoms with Gasteiger partial charge in [-0.3, -0.25) is 4.79 Å². The summed E-state index contributed by atoms with van der Waals surface area (Å²) >= 11 is 0. The fraction of sp³-hybridized carbons (Fsp3) is 0.889. The highest BCUT2D eigenvalue weighted by molar-refractivity contribution is 5.81. The highest BCUT2D eigenvalue weighted by Gasteiger charge is 2.40. The Labute approximate surface area is 72.9 Å². The number of likely N-dealkylation sites (tertiary alicyclic amines) is 1. The van der Waals surface area contributed by atoms with Crippen molar-refractivity contribution in [3.05, 3.63) is 0 Å². The van der Waals surface area contributed by atoms with Crippen molar-refractivity contribution in [1.29, 1.82) is 0 Å². The van der Waals surface area contributed by atoms with E-state index in [1.165, 1.54) is 19.3 Å². The maximum absolute atomic E-state index is 11.5. The van der Waals surface area contributed by atoms with Crippen LogP contribution in [0.4, 0.5) is 0 Å². The van der Waals surface area contributed by atoms with Gasteiger partial charge >= 0.3 is 0 Å². The van der Waals surface area contributed by atoms with E-state index in [2.05, 4.69) is 0 Å². The molecular weight excluding hydrogens is 152 g/mol. The third-order valence-corrected chi connectivity index (χ3v) is 3.08. The SMILES string of the molecule is C[C@H](N)C(=O)N1C[C@H]2CC[C@H]1C2. The molecular formula is C9H16N2O. The van der Waals surface area contributed by atoms with Gasteiger partial charge in [0.2, 0.25) is 5.91 Å². The summed E-state index contributed by atoms with van der Waals surface area (Å²) in [6, 6.07) is 0.206. The lowest BCUT2D eigenvalue weighted by atomic mass is 10.1. The highest BCUT2D eigenvalue weighted by Crippen LogP contribution is 2.37. The number of fused-ring (bicyclic) bond motifs is 2. The number of nitrogens with zero attached hydrogens (tertiary/aromatic N) is 1. The Kier molecular flexibility index (Phi) is 1.83. The third-order valence-electron chi connectivity index (χ3n) is 3.08. The molecule has 1 aliphatic heterocycles. The molecule has 2 N–H and O–H groups in total. The van der Waals surface area contributed by atoms with Gasteiger partial charge in [-0.15, -0.1) is 0 Å². The third kappa shape index (κ3) is 1.12. The fourth-order valence-electron chi connectivity index (χ4n) is 2.46. The molecule has 3 atom stereocenters. The first-order valence-corrected chi connectivity index (χ1v) is 4.74. The van der Waals surface area contributed by atoms with Crippen LogP contribution in [-0.4, -0.2) is 29.4 Å². The van der Waals surface area contributed by atoms with Crippen molar-refractivity contribution in [3.8, 4) is 0 Å². The first kappa shape index (κ1) is 8.05. The molecule has 0 aromatic rings. The summed E-state index contributed by atoms with van der Waals surface area (Å²) in [6.45, 7) is 2.74. The molecule has 2 fully saturated rings. The van der Waals surface area contributed by atoms with Gasteiger partial charge in [0.05, 0.1) is 6.04 Å². The number of nitrogens with two attached hydrogens (primary N) is 1. The van der Waals surface area contributed by atoms with Gasteiger partial charge in [-0.2, -0.15) is 0 Å². The molecule has 1 aliphatic carbocycles. The lowest BCUT2D eigenvalue weighted by Crippen LogP contribution is -2.45. The second kappa shape index (κ2) is 2.73. The predicted octanol–water partition coefficient (Wildman–Crippen LogP) is 0.345. The molecule has 0 aromatic carbocycles. The maximum Gasteiger partial charge on any atom is 0.239 e. The van der Waals surface area contributed by atoms with Crippen LogP contribution in [0.3, 0.4) is 0 Å². The van der Waals surface area contributed by atoms with Gasteiger partial charge in [-0.25, -0.2) is 0 Å². The highest BCUT2D eigenvalue weighted by atomic mass is 16.2. The molecule has 1 saturated heterocycles. The average molecular weight is 168 g/mol. The number of hydrogen-bond donors (Lipinski definition) is 1. The number of carbonyl (C=O) groups excluding carboxylic acids is 1. The van der Waals surface area contributed by atoms with E-state index in [4.69, 9.17) is 5.73 Å². The lowest BCUT2D eigenvalue weighted by molar-refractivity contribution is -0.133. The molecule has 12 heavy (non-hydrogen) atoms. The molecule has 2 rings (SSSR count). The summed E-state index contributed by atoms with van der Waals surface area (Å²) in [4.78, 5) is 13.5. The van der Waals surface area contributed by atoms with E-state index in [0.717, 1.165) is 12.5 Å². The van der Waals surface area contributed by atoms with Crippen molar-refractivity contribution in [2.75, 3.05) is 6.54 Å². The second-order valence-electron chi connectivity index (χ2n) is 4.11. The summed E-state index contributed by atoms with van der Waals surface area (Å²) < 4.78 is 0. The monoisotopic (exact) mass is 168 g/mol. The van der Waals surface area contributed by atoms with E-state index < -0.39 is 0 Å². The summed E-state index contributed by atoms with van der Waals surface area (Å²) in [7, 11) is 0. The first-order chi connectivity index (χ1) is 5.68. The summed E-state index contributed by atoms with van der Waals surface area (Å²) in [5.74, 6) is 0.917. The zero-order chi connectivity index (χ0) is 8.72. The lowest BCUT2D eigenvalue weighted by Gasteiger charge is -2.28. The van der Waals surface area contributed by atoms with Crippen molar-refractivity contribution in [1.82, 2.24) is 4.90 Å². The standard InChI is InChI=1S/C9H16N2O/c1-6(10)9(12)11-5-7-2-3-8(11)4-7/h6-8H,2-5,10H2,1H3/t6-,7-,8-/m0/s1. The fourth-order valence-corrected chi connectivity index (χ4v) is 2.46. The van der Waals surface area contributed by atoms with Crippen molar-refractivity contribution in [3.63, 3.8) is 0 Å². The Morgan fingerprint density at radius 3 is 2.75 bits per heavy atom. The van der Waals surface area contributed by atoms with Crippen LogP contribution in [0, 0.1) is 5.92 Å². The van der Waals surface area contributed by atoms with E-state index in [1.807, 2.05) is 4.90 Å². The molecule has 1 amide bonds.